The molecule has 0 radical (unpaired) electrons. The lowest BCUT2D eigenvalue weighted by molar-refractivity contribution is -0.0346. The van der Waals surface area contributed by atoms with Gasteiger partial charge in [-0.3, -0.25) is 0 Å². The van der Waals surface area contributed by atoms with Crippen molar-refractivity contribution in [2.24, 2.45) is 23.7 Å². The molecule has 3 fully saturated rings. The Kier molecular flexibility index (Phi) is 1.47. The van der Waals surface area contributed by atoms with E-state index < -0.39 is 0 Å². The van der Waals surface area contributed by atoms with Crippen LogP contribution in [0.3, 0.4) is 0 Å². The second kappa shape index (κ2) is 2.31. The van der Waals surface area contributed by atoms with E-state index in [-0.39, 0.29) is 5.60 Å². The second-order valence-electron chi connectivity index (χ2n) is 6.18. The van der Waals surface area contributed by atoms with E-state index >= 15 is 0 Å². The van der Waals surface area contributed by atoms with Gasteiger partial charge in [-0.2, -0.15) is 0 Å². The molecule has 4 unspecified atom stereocenters. The summed E-state index contributed by atoms with van der Waals surface area (Å²) in [7, 11) is 0. The Hall–Kier alpha value is -0.0400. The van der Waals surface area contributed by atoms with E-state index in [1.54, 1.807) is 0 Å². The molecule has 3 saturated carbocycles. The standard InChI is InChI=1S/C12H20O/c1-12(2,3)13-11-9-7-4-5-8(6-7)10(9)11/h7-11H,4-6H2,1-3H3. The molecule has 3 aliphatic carbocycles. The molecule has 3 aliphatic rings. The fourth-order valence-electron chi connectivity index (χ4n) is 3.81. The minimum absolute atomic E-state index is 0.0778. The average Bonchev–Trinajstić information content (AvgIpc) is 2.41. The van der Waals surface area contributed by atoms with Gasteiger partial charge in [0.15, 0.2) is 0 Å². The molecule has 0 saturated heterocycles. The van der Waals surface area contributed by atoms with Crippen LogP contribution in [0.1, 0.15) is 40.0 Å². The lowest BCUT2D eigenvalue weighted by Crippen LogP contribution is -2.23. The van der Waals surface area contributed by atoms with Gasteiger partial charge in [0.05, 0.1) is 11.7 Å². The third-order valence-corrected chi connectivity index (χ3v) is 4.15. The molecule has 0 spiro atoms. The van der Waals surface area contributed by atoms with Crippen LogP contribution in [0.5, 0.6) is 0 Å². The summed E-state index contributed by atoms with van der Waals surface area (Å²) in [6, 6.07) is 0. The summed E-state index contributed by atoms with van der Waals surface area (Å²) in [5.74, 6) is 4.03. The van der Waals surface area contributed by atoms with Crippen molar-refractivity contribution in [1.82, 2.24) is 0 Å². The summed E-state index contributed by atoms with van der Waals surface area (Å²) in [5, 5.41) is 0. The van der Waals surface area contributed by atoms with E-state index in [0.717, 1.165) is 23.7 Å². The molecule has 0 aromatic carbocycles. The van der Waals surface area contributed by atoms with Crippen molar-refractivity contribution in [3.05, 3.63) is 0 Å². The van der Waals surface area contributed by atoms with Gasteiger partial charge < -0.3 is 4.74 Å². The average molecular weight is 180 g/mol. The van der Waals surface area contributed by atoms with Crippen LogP contribution in [0.15, 0.2) is 0 Å². The van der Waals surface area contributed by atoms with Crippen LogP contribution in [0.4, 0.5) is 0 Å². The van der Waals surface area contributed by atoms with Gasteiger partial charge in [0.1, 0.15) is 0 Å². The number of fused-ring (bicyclic) bond motifs is 5. The molecule has 0 aromatic heterocycles. The zero-order valence-corrected chi connectivity index (χ0v) is 8.92. The number of ether oxygens (including phenoxy) is 1. The van der Waals surface area contributed by atoms with E-state index in [0.29, 0.717) is 6.10 Å². The van der Waals surface area contributed by atoms with Crippen molar-refractivity contribution in [1.29, 1.82) is 0 Å². The molecule has 1 heteroatoms. The van der Waals surface area contributed by atoms with Gasteiger partial charge >= 0.3 is 0 Å². The van der Waals surface area contributed by atoms with Crippen molar-refractivity contribution >= 4 is 0 Å². The topological polar surface area (TPSA) is 9.23 Å². The smallest absolute Gasteiger partial charge is 0.0651 e. The van der Waals surface area contributed by atoms with Gasteiger partial charge in [-0.1, -0.05) is 0 Å². The fourth-order valence-corrected chi connectivity index (χ4v) is 3.81. The van der Waals surface area contributed by atoms with Crippen LogP contribution in [0.25, 0.3) is 0 Å². The minimum atomic E-state index is 0.0778. The minimum Gasteiger partial charge on any atom is -0.372 e. The molecule has 0 aromatic rings. The first kappa shape index (κ1) is 8.28. The predicted octanol–water partition coefficient (Wildman–Crippen LogP) is 2.85. The maximum Gasteiger partial charge on any atom is 0.0651 e. The fraction of sp³-hybridized carbons (Fsp3) is 1.00. The van der Waals surface area contributed by atoms with Crippen LogP contribution < -0.4 is 0 Å². The summed E-state index contributed by atoms with van der Waals surface area (Å²) in [5.41, 5.74) is 0.0778. The summed E-state index contributed by atoms with van der Waals surface area (Å²) >= 11 is 0. The molecule has 0 aliphatic heterocycles. The maximum atomic E-state index is 6.10. The first-order valence-corrected chi connectivity index (χ1v) is 5.74. The lowest BCUT2D eigenvalue weighted by atomic mass is 10.0. The SMILES string of the molecule is CC(C)(C)OC1C2C3CCC(C3)C12. The van der Waals surface area contributed by atoms with Crippen molar-refractivity contribution in [3.8, 4) is 0 Å². The van der Waals surface area contributed by atoms with E-state index in [1.807, 2.05) is 0 Å². The highest BCUT2D eigenvalue weighted by Gasteiger charge is 2.66. The predicted molar refractivity (Wildman–Crippen MR) is 52.4 cm³/mol. The molecule has 13 heavy (non-hydrogen) atoms. The van der Waals surface area contributed by atoms with Gasteiger partial charge in [-0.15, -0.1) is 0 Å². The summed E-state index contributed by atoms with van der Waals surface area (Å²) in [4.78, 5) is 0. The molecular weight excluding hydrogens is 160 g/mol. The van der Waals surface area contributed by atoms with E-state index in [2.05, 4.69) is 20.8 Å². The highest BCUT2D eigenvalue weighted by molar-refractivity contribution is 5.14. The third kappa shape index (κ3) is 1.16. The Balaban J connectivity index is 1.67. The second-order valence-corrected chi connectivity index (χ2v) is 6.18. The van der Waals surface area contributed by atoms with Crippen LogP contribution in [-0.4, -0.2) is 11.7 Å². The normalized spacial score (nSPS) is 52.4. The molecule has 1 nitrogen and oxygen atoms in total. The molecule has 4 atom stereocenters. The summed E-state index contributed by atoms with van der Waals surface area (Å²) in [6.45, 7) is 6.55. The quantitative estimate of drug-likeness (QED) is 0.603. The largest absolute Gasteiger partial charge is 0.372 e. The Morgan fingerprint density at radius 1 is 1.00 bits per heavy atom. The zero-order valence-electron chi connectivity index (χ0n) is 8.92. The van der Waals surface area contributed by atoms with E-state index in [4.69, 9.17) is 4.74 Å². The first-order chi connectivity index (χ1) is 6.06. The number of hydrogen-bond donors (Lipinski definition) is 0. The molecule has 0 heterocycles. The van der Waals surface area contributed by atoms with Gasteiger partial charge in [0.2, 0.25) is 0 Å². The van der Waals surface area contributed by atoms with Crippen molar-refractivity contribution in [3.63, 3.8) is 0 Å². The van der Waals surface area contributed by atoms with Gasteiger partial charge in [-0.25, -0.2) is 0 Å². The molecule has 0 amide bonds. The maximum absolute atomic E-state index is 6.10. The monoisotopic (exact) mass is 180 g/mol. The molecule has 0 N–H and O–H groups in total. The molecule has 74 valence electrons. The Morgan fingerprint density at radius 3 is 2.00 bits per heavy atom. The van der Waals surface area contributed by atoms with Crippen LogP contribution in [-0.2, 0) is 4.74 Å². The van der Waals surface area contributed by atoms with E-state index in [1.165, 1.54) is 19.3 Å². The highest BCUT2D eigenvalue weighted by Crippen LogP contribution is 2.67. The van der Waals surface area contributed by atoms with Crippen LogP contribution in [0.2, 0.25) is 0 Å². The summed E-state index contributed by atoms with van der Waals surface area (Å²) < 4.78 is 6.10. The van der Waals surface area contributed by atoms with E-state index in [9.17, 15) is 0 Å². The van der Waals surface area contributed by atoms with Crippen molar-refractivity contribution in [2.75, 3.05) is 0 Å². The van der Waals surface area contributed by atoms with Gasteiger partial charge in [-0.05, 0) is 63.7 Å². The van der Waals surface area contributed by atoms with Crippen molar-refractivity contribution in [2.45, 2.75) is 51.7 Å². The van der Waals surface area contributed by atoms with Gasteiger partial charge in [0.25, 0.3) is 0 Å². The van der Waals surface area contributed by atoms with Crippen molar-refractivity contribution < 1.29 is 4.74 Å². The first-order valence-electron chi connectivity index (χ1n) is 5.74. The van der Waals surface area contributed by atoms with Gasteiger partial charge in [0, 0.05) is 0 Å². The number of rotatable bonds is 1. The Bertz CT molecular complexity index is 212. The molecule has 3 rings (SSSR count). The number of hydrogen-bond acceptors (Lipinski definition) is 1. The summed E-state index contributed by atoms with van der Waals surface area (Å²) in [6.07, 6.45) is 5.16. The molecule has 2 bridgehead atoms. The zero-order chi connectivity index (χ0) is 9.22. The Morgan fingerprint density at radius 2 is 1.54 bits per heavy atom. The third-order valence-electron chi connectivity index (χ3n) is 4.15. The Labute approximate surface area is 80.8 Å². The lowest BCUT2D eigenvalue weighted by Gasteiger charge is -2.22. The van der Waals surface area contributed by atoms with Crippen LogP contribution >= 0.6 is 0 Å². The van der Waals surface area contributed by atoms with Crippen LogP contribution in [0, 0.1) is 23.7 Å². The highest BCUT2D eigenvalue weighted by atomic mass is 16.5. The molecular formula is C12H20O.